The Hall–Kier alpha value is -0.970. The molecule has 0 saturated heterocycles. The summed E-state index contributed by atoms with van der Waals surface area (Å²) < 4.78 is 27.8. The molecule has 1 N–H and O–H groups in total. The van der Waals surface area contributed by atoms with Gasteiger partial charge in [-0.1, -0.05) is 23.7 Å². The molecule has 0 saturated carbocycles. The third-order valence-corrected chi connectivity index (χ3v) is 3.98. The average Bonchev–Trinajstić information content (AvgIpc) is 2.37. The second-order valence-corrected chi connectivity index (χ2v) is 5.38. The summed E-state index contributed by atoms with van der Waals surface area (Å²) in [6.07, 6.45) is -1.41. The van der Waals surface area contributed by atoms with Gasteiger partial charge in [0.25, 0.3) is 0 Å². The molecule has 0 aliphatic heterocycles. The molecule has 0 bridgehead atoms. The summed E-state index contributed by atoms with van der Waals surface area (Å²) in [7, 11) is 0. The van der Waals surface area contributed by atoms with Crippen LogP contribution in [0.4, 0.5) is 8.78 Å². The van der Waals surface area contributed by atoms with Crippen LogP contribution in [-0.2, 0) is 0 Å². The van der Waals surface area contributed by atoms with Gasteiger partial charge < -0.3 is 5.11 Å². The fourth-order valence-electron chi connectivity index (χ4n) is 1.87. The van der Waals surface area contributed by atoms with Crippen LogP contribution in [0.1, 0.15) is 22.8 Å². The van der Waals surface area contributed by atoms with Crippen LogP contribution in [0.2, 0.25) is 5.02 Å². The fraction of sp³-hybridized carbons (Fsp3) is 0.143. The van der Waals surface area contributed by atoms with Crippen molar-refractivity contribution in [2.24, 2.45) is 0 Å². The lowest BCUT2D eigenvalue weighted by Gasteiger charge is -2.17. The number of hydrogen-bond donors (Lipinski definition) is 1. The highest BCUT2D eigenvalue weighted by Gasteiger charge is 2.23. The summed E-state index contributed by atoms with van der Waals surface area (Å²) >= 11 is 8.92. The smallest absolute Gasteiger partial charge is 0.146 e. The zero-order valence-electron chi connectivity index (χ0n) is 9.92. The van der Waals surface area contributed by atoms with Crippen molar-refractivity contribution in [2.45, 2.75) is 13.0 Å². The van der Waals surface area contributed by atoms with Crippen LogP contribution in [0.5, 0.6) is 0 Å². The molecule has 0 radical (unpaired) electrons. The Kier molecular flexibility index (Phi) is 4.23. The van der Waals surface area contributed by atoms with Crippen molar-refractivity contribution in [3.05, 3.63) is 68.2 Å². The molecule has 0 amide bonds. The highest BCUT2D eigenvalue weighted by Crippen LogP contribution is 2.33. The summed E-state index contributed by atoms with van der Waals surface area (Å²) in [6, 6.07) is 7.23. The van der Waals surface area contributed by atoms with Gasteiger partial charge in [-0.25, -0.2) is 8.78 Å². The molecule has 100 valence electrons. The van der Waals surface area contributed by atoms with E-state index in [2.05, 4.69) is 15.9 Å². The van der Waals surface area contributed by atoms with Gasteiger partial charge in [0, 0.05) is 5.02 Å². The van der Waals surface area contributed by atoms with E-state index in [1.807, 2.05) is 0 Å². The first kappa shape index (κ1) is 14.4. The number of hydrogen-bond acceptors (Lipinski definition) is 1. The van der Waals surface area contributed by atoms with Crippen molar-refractivity contribution in [3.63, 3.8) is 0 Å². The van der Waals surface area contributed by atoms with Gasteiger partial charge in [0.05, 0.1) is 10.0 Å². The molecule has 0 aliphatic rings. The quantitative estimate of drug-likeness (QED) is 0.776. The van der Waals surface area contributed by atoms with Crippen molar-refractivity contribution >= 4 is 27.5 Å². The van der Waals surface area contributed by atoms with Crippen LogP contribution in [0.3, 0.4) is 0 Å². The summed E-state index contributed by atoms with van der Waals surface area (Å²) in [5.74, 6) is -1.61. The van der Waals surface area contributed by atoms with Gasteiger partial charge in [0.1, 0.15) is 17.7 Å². The van der Waals surface area contributed by atoms with Gasteiger partial charge in [-0.3, -0.25) is 0 Å². The molecule has 2 aromatic carbocycles. The molecule has 0 aliphatic carbocycles. The second kappa shape index (κ2) is 5.57. The molecule has 1 nitrogen and oxygen atoms in total. The zero-order chi connectivity index (χ0) is 14.2. The molecule has 0 spiro atoms. The lowest BCUT2D eigenvalue weighted by molar-refractivity contribution is 0.208. The van der Waals surface area contributed by atoms with Crippen molar-refractivity contribution in [1.29, 1.82) is 0 Å². The SMILES string of the molecule is Cc1c(Cl)cccc1C(O)c1c(F)ccc(Br)c1F. The molecule has 1 unspecified atom stereocenters. The maximum atomic E-state index is 14.0. The molecule has 2 rings (SSSR count). The number of aliphatic hydroxyl groups excluding tert-OH is 1. The molecule has 0 fully saturated rings. The van der Waals surface area contributed by atoms with Crippen molar-refractivity contribution in [2.75, 3.05) is 0 Å². The highest BCUT2D eigenvalue weighted by atomic mass is 79.9. The van der Waals surface area contributed by atoms with E-state index in [9.17, 15) is 13.9 Å². The standard InChI is InChI=1S/C14H10BrClF2O/c1-7-8(3-2-4-10(7)16)14(19)12-11(17)6-5-9(15)13(12)18/h2-6,14,19H,1H3. The minimum atomic E-state index is -1.41. The van der Waals surface area contributed by atoms with Gasteiger partial charge in [-0.2, -0.15) is 0 Å². The average molecular weight is 348 g/mol. The second-order valence-electron chi connectivity index (χ2n) is 4.11. The molecule has 0 aromatic heterocycles. The summed E-state index contributed by atoms with van der Waals surface area (Å²) in [5, 5.41) is 10.7. The minimum Gasteiger partial charge on any atom is -0.383 e. The number of benzene rings is 2. The van der Waals surface area contributed by atoms with Crippen LogP contribution in [0, 0.1) is 18.6 Å². The lowest BCUT2D eigenvalue weighted by Crippen LogP contribution is -2.08. The van der Waals surface area contributed by atoms with E-state index >= 15 is 0 Å². The first-order valence-corrected chi connectivity index (χ1v) is 6.67. The van der Waals surface area contributed by atoms with E-state index in [0.29, 0.717) is 16.1 Å². The Bertz CT molecular complexity index is 631. The Morgan fingerprint density at radius 2 is 1.89 bits per heavy atom. The predicted octanol–water partition coefficient (Wildman–Crippen LogP) is 4.77. The van der Waals surface area contributed by atoms with E-state index in [0.717, 1.165) is 6.07 Å². The van der Waals surface area contributed by atoms with Gasteiger partial charge in [-0.05, 0) is 52.2 Å². The monoisotopic (exact) mass is 346 g/mol. The van der Waals surface area contributed by atoms with Crippen molar-refractivity contribution in [3.8, 4) is 0 Å². The normalized spacial score (nSPS) is 12.5. The van der Waals surface area contributed by atoms with Gasteiger partial charge in [0.2, 0.25) is 0 Å². The summed E-state index contributed by atoms with van der Waals surface area (Å²) in [4.78, 5) is 0. The Labute approximate surface area is 123 Å². The van der Waals surface area contributed by atoms with E-state index in [4.69, 9.17) is 11.6 Å². The number of halogens is 4. The molecule has 1 atom stereocenters. The van der Waals surface area contributed by atoms with E-state index < -0.39 is 17.7 Å². The predicted molar refractivity (Wildman–Crippen MR) is 74.3 cm³/mol. The van der Waals surface area contributed by atoms with Gasteiger partial charge in [-0.15, -0.1) is 0 Å². The van der Waals surface area contributed by atoms with Gasteiger partial charge in [0.15, 0.2) is 0 Å². The van der Waals surface area contributed by atoms with E-state index in [1.165, 1.54) is 6.07 Å². The van der Waals surface area contributed by atoms with Crippen LogP contribution >= 0.6 is 27.5 Å². The van der Waals surface area contributed by atoms with Gasteiger partial charge >= 0.3 is 0 Å². The lowest BCUT2D eigenvalue weighted by atomic mass is 9.97. The fourth-order valence-corrected chi connectivity index (χ4v) is 2.40. The van der Waals surface area contributed by atoms with E-state index in [1.54, 1.807) is 25.1 Å². The Morgan fingerprint density at radius 3 is 2.58 bits per heavy atom. The minimum absolute atomic E-state index is 0.0997. The van der Waals surface area contributed by atoms with Crippen molar-refractivity contribution in [1.82, 2.24) is 0 Å². The molecule has 0 heterocycles. The molecular formula is C14H10BrClF2O. The number of aliphatic hydroxyl groups is 1. The maximum absolute atomic E-state index is 14.0. The first-order chi connectivity index (χ1) is 8.93. The number of rotatable bonds is 2. The van der Waals surface area contributed by atoms with Crippen LogP contribution in [-0.4, -0.2) is 5.11 Å². The topological polar surface area (TPSA) is 20.2 Å². The molecule has 19 heavy (non-hydrogen) atoms. The largest absolute Gasteiger partial charge is 0.383 e. The molecular weight excluding hydrogens is 338 g/mol. The third kappa shape index (κ3) is 2.66. The summed E-state index contributed by atoms with van der Waals surface area (Å²) in [5.41, 5.74) is 0.582. The van der Waals surface area contributed by atoms with E-state index in [-0.39, 0.29) is 10.0 Å². The first-order valence-electron chi connectivity index (χ1n) is 5.50. The maximum Gasteiger partial charge on any atom is 0.146 e. The third-order valence-electron chi connectivity index (χ3n) is 2.96. The van der Waals surface area contributed by atoms with Crippen LogP contribution in [0.15, 0.2) is 34.8 Å². The summed E-state index contributed by atoms with van der Waals surface area (Å²) in [6.45, 7) is 1.69. The van der Waals surface area contributed by atoms with Crippen LogP contribution in [0.25, 0.3) is 0 Å². The van der Waals surface area contributed by atoms with Crippen molar-refractivity contribution < 1.29 is 13.9 Å². The Balaban J connectivity index is 2.59. The van der Waals surface area contributed by atoms with Crippen LogP contribution < -0.4 is 0 Å². The molecule has 2 aromatic rings. The Morgan fingerprint density at radius 1 is 1.21 bits per heavy atom. The highest BCUT2D eigenvalue weighted by molar-refractivity contribution is 9.10. The molecule has 5 heteroatoms. The zero-order valence-corrected chi connectivity index (χ0v) is 12.3.